The minimum Gasteiger partial charge on any atom is -0.477 e. The number of nitrogens with zero attached hydrogens (tertiary/aromatic N) is 6. The molecule has 5 N–H and O–H groups in total. The zero-order valence-corrected chi connectivity index (χ0v) is 31.1. The van der Waals surface area contributed by atoms with Gasteiger partial charge in [-0.1, -0.05) is 0 Å². The number of fused-ring (bicyclic) bond motifs is 3. The molecule has 1 saturated carbocycles. The molecule has 0 amide bonds. The Morgan fingerprint density at radius 2 is 1.93 bits per heavy atom. The van der Waals surface area contributed by atoms with Crippen molar-refractivity contribution in [1.29, 1.82) is 5.26 Å². The number of aryl methyl sites for hydroxylation is 1. The van der Waals surface area contributed by atoms with Crippen molar-refractivity contribution in [3.8, 4) is 29.2 Å². The van der Waals surface area contributed by atoms with Crippen molar-refractivity contribution in [2.24, 2.45) is 5.92 Å². The summed E-state index contributed by atoms with van der Waals surface area (Å²) in [5.41, 5.74) is 15.0. The van der Waals surface area contributed by atoms with E-state index >= 15 is 4.39 Å². The van der Waals surface area contributed by atoms with E-state index in [2.05, 4.69) is 25.2 Å². The Kier molecular flexibility index (Phi) is 9.09. The summed E-state index contributed by atoms with van der Waals surface area (Å²) in [4.78, 5) is 20.5. The predicted octanol–water partition coefficient (Wildman–Crippen LogP) is 6.97. The van der Waals surface area contributed by atoms with Crippen molar-refractivity contribution in [3.05, 3.63) is 64.4 Å². The SMILES string of the molecule is COc1nc2c3c(nc(-c4ccc(F)c5sc(N)c(C#N)c45)c(F)c3n1)OCC1COCC1N2C1CCCc2ccnc(N)c21.FC(F)=C1CNC2(CCC2)C1. The van der Waals surface area contributed by atoms with Gasteiger partial charge < -0.3 is 35.9 Å². The number of halogens is 4. The molecule has 5 aliphatic rings. The van der Waals surface area contributed by atoms with Crippen LogP contribution >= 0.6 is 11.3 Å². The maximum absolute atomic E-state index is 16.9. The molecule has 290 valence electrons. The lowest BCUT2D eigenvalue weighted by Gasteiger charge is -2.43. The van der Waals surface area contributed by atoms with Gasteiger partial charge in [0.25, 0.3) is 6.08 Å². The summed E-state index contributed by atoms with van der Waals surface area (Å²) in [5.74, 6) is -0.531. The third-order valence-corrected chi connectivity index (χ3v) is 12.8. The first-order valence-electron chi connectivity index (χ1n) is 18.5. The average molecular weight is 788 g/mol. The Balaban J connectivity index is 0.000000320. The normalized spacial score (nSPS) is 22.0. The monoisotopic (exact) mass is 787 g/mol. The second kappa shape index (κ2) is 14.0. The minimum absolute atomic E-state index is 0.0506. The summed E-state index contributed by atoms with van der Waals surface area (Å²) in [6.07, 6.45) is 6.68. The second-order valence-corrected chi connectivity index (χ2v) is 15.9. The maximum atomic E-state index is 16.9. The van der Waals surface area contributed by atoms with Gasteiger partial charge in [0.2, 0.25) is 5.88 Å². The number of rotatable bonds is 3. The Hall–Kier alpha value is -5.31. The van der Waals surface area contributed by atoms with Crippen LogP contribution in [0.5, 0.6) is 11.9 Å². The molecule has 3 aliphatic heterocycles. The van der Waals surface area contributed by atoms with E-state index in [4.69, 9.17) is 30.7 Å². The highest BCUT2D eigenvalue weighted by molar-refractivity contribution is 7.23. The largest absolute Gasteiger partial charge is 0.477 e. The number of aromatic nitrogens is 4. The zero-order chi connectivity index (χ0) is 38.9. The number of benzene rings is 1. The smallest absolute Gasteiger partial charge is 0.318 e. The van der Waals surface area contributed by atoms with Crippen LogP contribution in [0, 0.1) is 28.9 Å². The molecule has 0 bridgehead atoms. The fourth-order valence-corrected chi connectivity index (χ4v) is 9.85. The Morgan fingerprint density at radius 1 is 1.09 bits per heavy atom. The van der Waals surface area contributed by atoms with Crippen LogP contribution in [0.4, 0.5) is 34.2 Å². The number of nitrogen functional groups attached to an aromatic ring is 2. The van der Waals surface area contributed by atoms with Crippen LogP contribution in [-0.4, -0.2) is 65.0 Å². The maximum Gasteiger partial charge on any atom is 0.318 e. The highest BCUT2D eigenvalue weighted by atomic mass is 32.1. The number of thiophene rings is 1. The first-order valence-corrected chi connectivity index (χ1v) is 19.3. The van der Waals surface area contributed by atoms with Gasteiger partial charge in [0.1, 0.15) is 45.1 Å². The standard InChI is InChI=1S/C31H26F2N8O3S.C8H11F2N/c1-42-31-39-25-22-29(40-31)41(18-4-2-3-13-7-8-37-27(35)20(13)18)19-12-43-10-14(19)11-44-30(22)38-24(23(25)33)15-5-6-17(32)26-21(15)16(9-34)28(36)45-26;9-7(10)6-4-8(11-5-6)2-1-3-8/h5-8,14,18-19H,2-4,10-12,36H2,1H3,(H2,35,37);11H,1-5H2. The molecule has 7 heterocycles. The van der Waals surface area contributed by atoms with E-state index in [1.165, 1.54) is 25.7 Å². The van der Waals surface area contributed by atoms with Gasteiger partial charge in [0, 0.05) is 46.3 Å². The molecule has 3 fully saturated rings. The number of hydrogen-bond donors (Lipinski definition) is 3. The number of nitrogens with one attached hydrogen (secondary N) is 1. The van der Waals surface area contributed by atoms with Gasteiger partial charge in [-0.25, -0.2) is 18.7 Å². The topological polar surface area (TPSA) is 170 Å². The summed E-state index contributed by atoms with van der Waals surface area (Å²) in [7, 11) is 1.41. The van der Waals surface area contributed by atoms with Crippen molar-refractivity contribution < 1.29 is 31.8 Å². The molecule has 1 spiro atoms. The quantitative estimate of drug-likeness (QED) is 0.161. The highest BCUT2D eigenvalue weighted by Gasteiger charge is 2.44. The highest BCUT2D eigenvalue weighted by Crippen LogP contribution is 2.49. The van der Waals surface area contributed by atoms with Gasteiger partial charge >= 0.3 is 6.01 Å². The van der Waals surface area contributed by atoms with Gasteiger partial charge in [0.05, 0.1) is 49.3 Å². The molecule has 12 nitrogen and oxygen atoms in total. The van der Waals surface area contributed by atoms with Gasteiger partial charge in [0.15, 0.2) is 5.82 Å². The van der Waals surface area contributed by atoms with Crippen molar-refractivity contribution in [1.82, 2.24) is 25.3 Å². The van der Waals surface area contributed by atoms with Crippen LogP contribution in [0.3, 0.4) is 0 Å². The van der Waals surface area contributed by atoms with E-state index < -0.39 is 17.7 Å². The number of anilines is 3. The fourth-order valence-electron chi connectivity index (χ4n) is 8.90. The molecule has 1 aromatic carbocycles. The molecule has 3 unspecified atom stereocenters. The van der Waals surface area contributed by atoms with E-state index in [9.17, 15) is 18.4 Å². The number of pyridine rings is 2. The summed E-state index contributed by atoms with van der Waals surface area (Å²) in [6.45, 7) is 1.48. The lowest BCUT2D eigenvalue weighted by Crippen LogP contribution is -2.47. The van der Waals surface area contributed by atoms with Crippen LogP contribution in [0.1, 0.15) is 61.3 Å². The van der Waals surface area contributed by atoms with E-state index in [1.807, 2.05) is 12.1 Å². The van der Waals surface area contributed by atoms with E-state index in [0.717, 1.165) is 54.6 Å². The second-order valence-electron chi connectivity index (χ2n) is 14.9. The molecule has 2 aliphatic carbocycles. The van der Waals surface area contributed by atoms with Crippen molar-refractivity contribution in [2.75, 3.05) is 49.8 Å². The summed E-state index contributed by atoms with van der Waals surface area (Å²) in [6, 6.07) is 6.14. The zero-order valence-electron chi connectivity index (χ0n) is 30.3. The third kappa shape index (κ3) is 5.84. The average Bonchev–Trinajstić information content (AvgIpc) is 3.93. The Morgan fingerprint density at radius 3 is 2.64 bits per heavy atom. The molecule has 0 radical (unpaired) electrons. The van der Waals surface area contributed by atoms with Crippen molar-refractivity contribution >= 4 is 49.0 Å². The van der Waals surface area contributed by atoms with Gasteiger partial charge in [-0.05, 0) is 68.7 Å². The van der Waals surface area contributed by atoms with Gasteiger partial charge in [-0.3, -0.25) is 0 Å². The Labute approximate surface area is 322 Å². The summed E-state index contributed by atoms with van der Waals surface area (Å²) in [5, 5.41) is 13.6. The van der Waals surface area contributed by atoms with Crippen LogP contribution < -0.4 is 31.2 Å². The van der Waals surface area contributed by atoms with E-state index in [-0.39, 0.29) is 84.8 Å². The van der Waals surface area contributed by atoms with Crippen LogP contribution in [0.25, 0.3) is 32.2 Å². The van der Waals surface area contributed by atoms with Gasteiger partial charge in [-0.15, -0.1) is 11.3 Å². The number of ether oxygens (including phenoxy) is 3. The Bertz CT molecular complexity index is 2480. The summed E-state index contributed by atoms with van der Waals surface area (Å²) < 4.78 is 73.9. The lowest BCUT2D eigenvalue weighted by atomic mass is 9.75. The lowest BCUT2D eigenvalue weighted by molar-refractivity contribution is 0.166. The number of methoxy groups -OCH3 is 1. The first-order chi connectivity index (χ1) is 27.1. The minimum atomic E-state index is -1.47. The molecule has 10 rings (SSSR count). The first kappa shape index (κ1) is 36.3. The third-order valence-electron chi connectivity index (χ3n) is 11.8. The van der Waals surface area contributed by atoms with Crippen LogP contribution in [0.15, 0.2) is 36.0 Å². The van der Waals surface area contributed by atoms with E-state index in [1.54, 1.807) is 6.20 Å². The molecular formula is C39H37F4N9O3S. The number of nitriles is 1. The van der Waals surface area contributed by atoms with Crippen LogP contribution in [0.2, 0.25) is 0 Å². The molecule has 17 heteroatoms. The predicted molar refractivity (Wildman–Crippen MR) is 203 cm³/mol. The summed E-state index contributed by atoms with van der Waals surface area (Å²) >= 11 is 0.923. The molecule has 4 aromatic heterocycles. The van der Waals surface area contributed by atoms with Crippen LogP contribution in [-0.2, 0) is 11.2 Å². The molecule has 3 atom stereocenters. The number of nitrogens with two attached hydrogens (primary N) is 2. The molecular weight excluding hydrogens is 751 g/mol. The van der Waals surface area contributed by atoms with E-state index in [0.29, 0.717) is 43.4 Å². The van der Waals surface area contributed by atoms with Crippen molar-refractivity contribution in [2.45, 2.75) is 62.6 Å². The fraction of sp³-hybridized carbons (Fsp3) is 0.410. The molecule has 56 heavy (non-hydrogen) atoms. The molecule has 5 aromatic rings. The van der Waals surface area contributed by atoms with Gasteiger partial charge in [-0.2, -0.15) is 24.0 Å². The number of hydrogen-bond acceptors (Lipinski definition) is 13. The molecule has 2 saturated heterocycles. The van der Waals surface area contributed by atoms with Crippen molar-refractivity contribution in [3.63, 3.8) is 0 Å².